The molecule has 4 rings (SSSR count). The second-order valence-corrected chi connectivity index (χ2v) is 6.80. The summed E-state index contributed by atoms with van der Waals surface area (Å²) in [7, 11) is 0. The van der Waals surface area contributed by atoms with Crippen molar-refractivity contribution < 1.29 is 9.21 Å². The average Bonchev–Trinajstić information content (AvgIpc) is 3.44. The molecule has 8 nitrogen and oxygen atoms in total. The maximum absolute atomic E-state index is 12.0. The molecular formula is C18H18N6O2S. The Morgan fingerprint density at radius 2 is 2.11 bits per heavy atom. The Bertz CT molecular complexity index is 1020. The molecular weight excluding hydrogens is 364 g/mol. The molecule has 0 atom stereocenters. The first-order valence-electron chi connectivity index (χ1n) is 8.69. The Balaban J connectivity index is 1.19. The van der Waals surface area contributed by atoms with Crippen LogP contribution in [0, 0.1) is 0 Å². The van der Waals surface area contributed by atoms with E-state index in [1.54, 1.807) is 11.3 Å². The molecule has 0 radical (unpaired) electrons. The second-order valence-electron chi connectivity index (χ2n) is 6.02. The number of thiophene rings is 1. The maximum Gasteiger partial charge on any atom is 0.248 e. The molecule has 0 bridgehead atoms. The molecule has 0 aliphatic rings. The number of rotatable bonds is 8. The minimum absolute atomic E-state index is 0.0336. The van der Waals surface area contributed by atoms with Gasteiger partial charge in [0.15, 0.2) is 0 Å². The Morgan fingerprint density at radius 1 is 1.19 bits per heavy atom. The molecule has 27 heavy (non-hydrogen) atoms. The zero-order chi connectivity index (χ0) is 18.5. The van der Waals surface area contributed by atoms with Crippen molar-refractivity contribution in [3.8, 4) is 11.5 Å². The molecule has 0 unspecified atom stereocenters. The molecule has 0 aliphatic carbocycles. The average molecular weight is 382 g/mol. The number of nitrogens with zero attached hydrogens (tertiary/aromatic N) is 5. The van der Waals surface area contributed by atoms with Crippen LogP contribution in [-0.2, 0) is 17.8 Å². The molecule has 0 aliphatic heterocycles. The molecule has 0 spiro atoms. The molecule has 1 aromatic carbocycles. The first kappa shape index (κ1) is 17.3. The van der Waals surface area contributed by atoms with Crippen molar-refractivity contribution in [2.24, 2.45) is 0 Å². The number of hydrogen-bond acceptors (Lipinski definition) is 7. The zero-order valence-electron chi connectivity index (χ0n) is 14.5. The monoisotopic (exact) mass is 382 g/mol. The predicted molar refractivity (Wildman–Crippen MR) is 101 cm³/mol. The van der Waals surface area contributed by atoms with E-state index in [0.29, 0.717) is 37.7 Å². The first-order chi connectivity index (χ1) is 13.3. The van der Waals surface area contributed by atoms with Crippen LogP contribution in [0.2, 0.25) is 0 Å². The van der Waals surface area contributed by atoms with E-state index in [0.717, 1.165) is 23.0 Å². The summed E-state index contributed by atoms with van der Waals surface area (Å²) in [4.78, 5) is 12.0. The summed E-state index contributed by atoms with van der Waals surface area (Å²) >= 11 is 1.57. The summed E-state index contributed by atoms with van der Waals surface area (Å²) in [5.74, 6) is 0.931. The fraction of sp³-hybridized carbons (Fsp3) is 0.278. The molecule has 0 saturated heterocycles. The number of fused-ring (bicyclic) bond motifs is 1. The van der Waals surface area contributed by atoms with Crippen LogP contribution in [0.15, 0.2) is 45.5 Å². The number of carbonyl (C=O) groups is 1. The van der Waals surface area contributed by atoms with Gasteiger partial charge in [-0.2, -0.15) is 11.3 Å². The summed E-state index contributed by atoms with van der Waals surface area (Å²) in [6.45, 7) is 1.28. The fourth-order valence-corrected chi connectivity index (χ4v) is 3.34. The van der Waals surface area contributed by atoms with Crippen LogP contribution in [0.3, 0.4) is 0 Å². The van der Waals surface area contributed by atoms with Crippen molar-refractivity contribution in [2.75, 3.05) is 6.54 Å². The second kappa shape index (κ2) is 8.09. The van der Waals surface area contributed by atoms with E-state index in [1.807, 2.05) is 45.8 Å². The van der Waals surface area contributed by atoms with Gasteiger partial charge in [0.05, 0.1) is 5.52 Å². The number of nitrogens with one attached hydrogen (secondary N) is 1. The Hall–Kier alpha value is -3.07. The minimum atomic E-state index is -0.0336. The number of amides is 1. The first-order valence-corrected chi connectivity index (χ1v) is 9.64. The number of para-hydroxylation sites is 1. The van der Waals surface area contributed by atoms with Crippen LogP contribution >= 0.6 is 11.3 Å². The van der Waals surface area contributed by atoms with E-state index in [4.69, 9.17) is 4.42 Å². The third-order valence-corrected chi connectivity index (χ3v) is 4.77. The topological polar surface area (TPSA) is 98.7 Å². The third-order valence-electron chi connectivity index (χ3n) is 4.09. The van der Waals surface area contributed by atoms with Gasteiger partial charge in [0, 0.05) is 36.9 Å². The third kappa shape index (κ3) is 4.20. The smallest absolute Gasteiger partial charge is 0.248 e. The minimum Gasteiger partial charge on any atom is -0.421 e. The van der Waals surface area contributed by atoms with Crippen molar-refractivity contribution in [3.63, 3.8) is 0 Å². The van der Waals surface area contributed by atoms with Crippen molar-refractivity contribution in [3.05, 3.63) is 47.0 Å². The standard InChI is InChI=1S/C18H18N6O2S/c25-16(6-7-17-21-22-18(26-17)13-8-11-27-12-13)19-9-3-10-24-15-5-2-1-4-14(15)20-23-24/h1-2,4-5,8,11-12H,3,6-7,9-10H2,(H,19,25). The van der Waals surface area contributed by atoms with Crippen LogP contribution < -0.4 is 5.32 Å². The number of carbonyl (C=O) groups excluding carboxylic acids is 1. The summed E-state index contributed by atoms with van der Waals surface area (Å²) in [6.07, 6.45) is 1.52. The Morgan fingerprint density at radius 3 is 3.00 bits per heavy atom. The van der Waals surface area contributed by atoms with Gasteiger partial charge in [0.2, 0.25) is 17.7 Å². The molecule has 1 amide bonds. The van der Waals surface area contributed by atoms with Crippen molar-refractivity contribution in [2.45, 2.75) is 25.8 Å². The lowest BCUT2D eigenvalue weighted by Gasteiger charge is -2.05. The number of benzene rings is 1. The quantitative estimate of drug-likeness (QED) is 0.471. The van der Waals surface area contributed by atoms with Gasteiger partial charge in [-0.05, 0) is 30.0 Å². The Kier molecular flexibility index (Phi) is 5.20. The van der Waals surface area contributed by atoms with E-state index in [1.165, 1.54) is 0 Å². The normalized spacial score (nSPS) is 11.1. The highest BCUT2D eigenvalue weighted by Crippen LogP contribution is 2.20. The van der Waals surface area contributed by atoms with E-state index >= 15 is 0 Å². The van der Waals surface area contributed by atoms with Gasteiger partial charge in [-0.3, -0.25) is 4.79 Å². The van der Waals surface area contributed by atoms with Crippen molar-refractivity contribution in [1.82, 2.24) is 30.5 Å². The Labute approximate surface area is 159 Å². The van der Waals surface area contributed by atoms with E-state index in [9.17, 15) is 4.79 Å². The fourth-order valence-electron chi connectivity index (χ4n) is 2.71. The molecule has 3 aromatic heterocycles. The maximum atomic E-state index is 12.0. The summed E-state index contributed by atoms with van der Waals surface area (Å²) in [5, 5.41) is 23.1. The molecule has 9 heteroatoms. The van der Waals surface area contributed by atoms with Gasteiger partial charge in [0.1, 0.15) is 5.52 Å². The highest BCUT2D eigenvalue weighted by atomic mass is 32.1. The van der Waals surface area contributed by atoms with E-state index in [-0.39, 0.29) is 5.91 Å². The SMILES string of the molecule is O=C(CCc1nnc(-c2ccsc2)o1)NCCCn1nnc2ccccc21. The molecule has 0 saturated carbocycles. The lowest BCUT2D eigenvalue weighted by Crippen LogP contribution is -2.25. The van der Waals surface area contributed by atoms with Gasteiger partial charge in [-0.15, -0.1) is 15.3 Å². The van der Waals surface area contributed by atoms with Gasteiger partial charge in [-0.1, -0.05) is 17.3 Å². The molecule has 138 valence electrons. The number of aromatic nitrogens is 5. The van der Waals surface area contributed by atoms with Crippen molar-refractivity contribution in [1.29, 1.82) is 0 Å². The molecule has 3 heterocycles. The van der Waals surface area contributed by atoms with Crippen LogP contribution in [0.1, 0.15) is 18.7 Å². The van der Waals surface area contributed by atoms with Crippen molar-refractivity contribution >= 4 is 28.3 Å². The molecule has 4 aromatic rings. The molecule has 1 N–H and O–H groups in total. The van der Waals surface area contributed by atoms with Gasteiger partial charge < -0.3 is 9.73 Å². The van der Waals surface area contributed by atoms with Crippen LogP contribution in [-0.4, -0.2) is 37.6 Å². The largest absolute Gasteiger partial charge is 0.421 e. The van der Waals surface area contributed by atoms with Gasteiger partial charge >= 0.3 is 0 Å². The highest BCUT2D eigenvalue weighted by molar-refractivity contribution is 7.08. The summed E-state index contributed by atoms with van der Waals surface area (Å²) < 4.78 is 7.43. The predicted octanol–water partition coefficient (Wildman–Crippen LogP) is 2.68. The summed E-state index contributed by atoms with van der Waals surface area (Å²) in [5.41, 5.74) is 2.79. The van der Waals surface area contributed by atoms with Crippen LogP contribution in [0.4, 0.5) is 0 Å². The van der Waals surface area contributed by atoms with Gasteiger partial charge in [0.25, 0.3) is 0 Å². The zero-order valence-corrected chi connectivity index (χ0v) is 15.4. The van der Waals surface area contributed by atoms with Crippen LogP contribution in [0.25, 0.3) is 22.5 Å². The lowest BCUT2D eigenvalue weighted by atomic mass is 10.3. The van der Waals surface area contributed by atoms with E-state index < -0.39 is 0 Å². The lowest BCUT2D eigenvalue weighted by molar-refractivity contribution is -0.121. The number of hydrogen-bond donors (Lipinski definition) is 1. The van der Waals surface area contributed by atoms with E-state index in [2.05, 4.69) is 25.8 Å². The highest BCUT2D eigenvalue weighted by Gasteiger charge is 2.11. The number of aryl methyl sites for hydroxylation is 2. The summed E-state index contributed by atoms with van der Waals surface area (Å²) in [6, 6.07) is 9.75. The molecule has 0 fully saturated rings. The van der Waals surface area contributed by atoms with Gasteiger partial charge in [-0.25, -0.2) is 4.68 Å². The van der Waals surface area contributed by atoms with Crippen LogP contribution in [0.5, 0.6) is 0 Å².